The number of nitrogens with zero attached hydrogens (tertiary/aromatic N) is 5. The molecule has 7 nitrogen and oxygen atoms in total. The van der Waals surface area contributed by atoms with E-state index in [9.17, 15) is 5.26 Å². The van der Waals surface area contributed by atoms with Crippen LogP contribution in [0.2, 0.25) is 0 Å². The standard InChI is InChI=1S/C28H32N6O/c1-18-13-33(26-8-6-19(12-29)28-24(26)4-3-9-31-28)15-23-11-21-10-22(7-5-20(21)14-34(18)23)32-16-25(30)27(17-32)35-2/h3-10,18,23,25,27H,11,13-17,30H2,1-2H3. The molecule has 4 heterocycles. The Bertz CT molecular complexity index is 1300. The fourth-order valence-electron chi connectivity index (χ4n) is 6.27. The highest BCUT2D eigenvalue weighted by Gasteiger charge is 2.37. The molecule has 0 radical (unpaired) electrons. The summed E-state index contributed by atoms with van der Waals surface area (Å²) in [6, 6.07) is 18.2. The third kappa shape index (κ3) is 3.82. The Kier molecular flexibility index (Phi) is 5.60. The van der Waals surface area contributed by atoms with E-state index in [0.29, 0.717) is 17.6 Å². The van der Waals surface area contributed by atoms with E-state index < -0.39 is 0 Å². The van der Waals surface area contributed by atoms with Crippen LogP contribution in [0.1, 0.15) is 23.6 Å². The number of hydrogen-bond donors (Lipinski definition) is 1. The van der Waals surface area contributed by atoms with Gasteiger partial charge in [0.05, 0.1) is 23.2 Å². The van der Waals surface area contributed by atoms with E-state index in [1.165, 1.54) is 22.5 Å². The number of methoxy groups -OCH3 is 1. The number of nitriles is 1. The summed E-state index contributed by atoms with van der Waals surface area (Å²) in [5.74, 6) is 0. The first-order chi connectivity index (χ1) is 17.1. The van der Waals surface area contributed by atoms with Crippen molar-refractivity contribution in [1.29, 1.82) is 5.26 Å². The van der Waals surface area contributed by atoms with Crippen molar-refractivity contribution in [2.75, 3.05) is 43.1 Å². The Labute approximate surface area is 206 Å². The summed E-state index contributed by atoms with van der Waals surface area (Å²) in [4.78, 5) is 12.0. The predicted octanol–water partition coefficient (Wildman–Crippen LogP) is 2.90. The van der Waals surface area contributed by atoms with Crippen LogP contribution >= 0.6 is 0 Å². The highest BCUT2D eigenvalue weighted by molar-refractivity contribution is 5.95. The first kappa shape index (κ1) is 22.3. The van der Waals surface area contributed by atoms with Gasteiger partial charge in [0.2, 0.25) is 0 Å². The number of rotatable bonds is 3. The molecule has 4 unspecified atom stereocenters. The molecule has 4 atom stereocenters. The maximum absolute atomic E-state index is 9.54. The second-order valence-electron chi connectivity index (χ2n) is 10.2. The Morgan fingerprint density at radius 3 is 2.74 bits per heavy atom. The molecule has 0 bridgehead atoms. The molecule has 2 N–H and O–H groups in total. The zero-order valence-corrected chi connectivity index (χ0v) is 20.4. The molecule has 0 amide bonds. The number of ether oxygens (including phenoxy) is 1. The SMILES string of the molecule is COC1CN(c2ccc3c(c2)CC2CN(c4ccc(C#N)c5ncccc45)CC(C)N2C3)CC1N. The highest BCUT2D eigenvalue weighted by Crippen LogP contribution is 2.36. The summed E-state index contributed by atoms with van der Waals surface area (Å²) in [6.07, 6.45) is 2.89. The van der Waals surface area contributed by atoms with Crippen LogP contribution in [0.4, 0.5) is 11.4 Å². The predicted molar refractivity (Wildman–Crippen MR) is 139 cm³/mol. The second-order valence-corrected chi connectivity index (χ2v) is 10.2. The monoisotopic (exact) mass is 468 g/mol. The van der Waals surface area contributed by atoms with Crippen LogP contribution in [-0.4, -0.2) is 67.4 Å². The first-order valence-corrected chi connectivity index (χ1v) is 12.5. The van der Waals surface area contributed by atoms with Gasteiger partial charge in [-0.05, 0) is 60.9 Å². The van der Waals surface area contributed by atoms with Gasteiger partial charge in [-0.3, -0.25) is 9.88 Å². The largest absolute Gasteiger partial charge is 0.378 e. The minimum Gasteiger partial charge on any atom is -0.378 e. The average molecular weight is 469 g/mol. The van der Waals surface area contributed by atoms with E-state index in [4.69, 9.17) is 10.5 Å². The van der Waals surface area contributed by atoms with Gasteiger partial charge in [0.25, 0.3) is 0 Å². The zero-order valence-electron chi connectivity index (χ0n) is 20.4. The van der Waals surface area contributed by atoms with Crippen molar-refractivity contribution >= 4 is 22.3 Å². The van der Waals surface area contributed by atoms with Crippen molar-refractivity contribution < 1.29 is 4.74 Å². The summed E-state index contributed by atoms with van der Waals surface area (Å²) in [7, 11) is 1.75. The molecule has 3 aromatic rings. The summed E-state index contributed by atoms with van der Waals surface area (Å²) < 4.78 is 5.57. The van der Waals surface area contributed by atoms with Crippen LogP contribution in [0.25, 0.3) is 10.9 Å². The summed E-state index contributed by atoms with van der Waals surface area (Å²) in [5.41, 5.74) is 13.0. The third-order valence-corrected chi connectivity index (χ3v) is 8.13. The molecule has 0 saturated carbocycles. The van der Waals surface area contributed by atoms with Crippen LogP contribution in [0, 0.1) is 11.3 Å². The van der Waals surface area contributed by atoms with Gasteiger partial charge in [0.1, 0.15) is 6.07 Å². The number of pyridine rings is 1. The molecule has 180 valence electrons. The zero-order chi connectivity index (χ0) is 24.1. The van der Waals surface area contributed by atoms with Crippen molar-refractivity contribution in [3.63, 3.8) is 0 Å². The summed E-state index contributed by atoms with van der Waals surface area (Å²) >= 11 is 0. The van der Waals surface area contributed by atoms with Crippen molar-refractivity contribution in [1.82, 2.24) is 9.88 Å². The minimum absolute atomic E-state index is 0.0519. The molecule has 2 saturated heterocycles. The number of fused-ring (bicyclic) bond motifs is 3. The first-order valence-electron chi connectivity index (χ1n) is 12.5. The molecular weight excluding hydrogens is 436 g/mol. The number of anilines is 2. The number of aromatic nitrogens is 1. The second kappa shape index (κ2) is 8.80. The molecule has 2 aromatic carbocycles. The van der Waals surface area contributed by atoms with Crippen LogP contribution in [0.5, 0.6) is 0 Å². The molecule has 35 heavy (non-hydrogen) atoms. The van der Waals surface area contributed by atoms with Gasteiger partial charge in [-0.25, -0.2) is 0 Å². The van der Waals surface area contributed by atoms with Crippen molar-refractivity contribution in [2.24, 2.45) is 5.73 Å². The van der Waals surface area contributed by atoms with Gasteiger partial charge in [0.15, 0.2) is 0 Å². The van der Waals surface area contributed by atoms with Gasteiger partial charge in [0, 0.05) is 74.9 Å². The fraction of sp³-hybridized carbons (Fsp3) is 0.429. The summed E-state index contributed by atoms with van der Waals surface area (Å²) in [5, 5.41) is 10.6. The lowest BCUT2D eigenvalue weighted by Crippen LogP contribution is -2.59. The van der Waals surface area contributed by atoms with Crippen LogP contribution in [0.3, 0.4) is 0 Å². The lowest BCUT2D eigenvalue weighted by molar-refractivity contribution is 0.101. The molecule has 6 rings (SSSR count). The van der Waals surface area contributed by atoms with Gasteiger partial charge in [-0.15, -0.1) is 0 Å². The third-order valence-electron chi connectivity index (χ3n) is 8.13. The number of piperazine rings is 1. The topological polar surface area (TPSA) is 81.7 Å². The number of benzene rings is 2. The maximum atomic E-state index is 9.54. The Balaban J connectivity index is 1.27. The highest BCUT2D eigenvalue weighted by atomic mass is 16.5. The van der Waals surface area contributed by atoms with E-state index in [1.54, 1.807) is 13.3 Å². The van der Waals surface area contributed by atoms with E-state index in [2.05, 4.69) is 63.0 Å². The van der Waals surface area contributed by atoms with E-state index in [1.807, 2.05) is 12.1 Å². The summed E-state index contributed by atoms with van der Waals surface area (Å²) in [6.45, 7) is 6.92. The van der Waals surface area contributed by atoms with Gasteiger partial charge < -0.3 is 20.3 Å². The Morgan fingerprint density at radius 2 is 1.94 bits per heavy atom. The van der Waals surface area contributed by atoms with Gasteiger partial charge >= 0.3 is 0 Å². The molecule has 1 aromatic heterocycles. The molecule has 7 heteroatoms. The van der Waals surface area contributed by atoms with Crippen LogP contribution in [0.15, 0.2) is 48.7 Å². The van der Waals surface area contributed by atoms with E-state index in [-0.39, 0.29) is 12.1 Å². The van der Waals surface area contributed by atoms with Crippen molar-refractivity contribution in [2.45, 2.75) is 44.1 Å². The molecule has 0 aliphatic carbocycles. The van der Waals surface area contributed by atoms with Crippen LogP contribution < -0.4 is 15.5 Å². The average Bonchev–Trinajstić information content (AvgIpc) is 3.27. The Hall–Kier alpha value is -3.18. The normalized spacial score (nSPS) is 26.5. The van der Waals surface area contributed by atoms with E-state index >= 15 is 0 Å². The molecule has 3 aliphatic rings. The van der Waals surface area contributed by atoms with Gasteiger partial charge in [-0.1, -0.05) is 6.07 Å². The molecule has 2 fully saturated rings. The van der Waals surface area contributed by atoms with Crippen molar-refractivity contribution in [3.05, 3.63) is 65.4 Å². The quantitative estimate of drug-likeness (QED) is 0.633. The molecule has 3 aliphatic heterocycles. The number of nitrogens with two attached hydrogens (primary N) is 1. The van der Waals surface area contributed by atoms with Crippen molar-refractivity contribution in [3.8, 4) is 6.07 Å². The van der Waals surface area contributed by atoms with Crippen LogP contribution in [-0.2, 0) is 17.7 Å². The maximum Gasteiger partial charge on any atom is 0.101 e. The molecule has 0 spiro atoms. The van der Waals surface area contributed by atoms with Gasteiger partial charge in [-0.2, -0.15) is 5.26 Å². The molecular formula is C28H32N6O. The lowest BCUT2D eigenvalue weighted by Gasteiger charge is -2.49. The fourth-order valence-corrected chi connectivity index (χ4v) is 6.27. The lowest BCUT2D eigenvalue weighted by atomic mass is 9.89. The Morgan fingerprint density at radius 1 is 1.06 bits per heavy atom. The minimum atomic E-state index is 0.0519. The number of hydrogen-bond acceptors (Lipinski definition) is 7. The smallest absolute Gasteiger partial charge is 0.101 e. The van der Waals surface area contributed by atoms with E-state index in [0.717, 1.165) is 50.0 Å².